The molecular formula is C28H37ClN8. The van der Waals surface area contributed by atoms with E-state index in [1.54, 1.807) is 0 Å². The molecule has 0 N–H and O–H groups in total. The van der Waals surface area contributed by atoms with Gasteiger partial charge in [0.25, 0.3) is 0 Å². The van der Waals surface area contributed by atoms with E-state index < -0.39 is 0 Å². The molecule has 2 heterocycles. The topological polar surface area (TPSA) is 46.5 Å². The zero-order chi connectivity index (χ0) is 25.5. The molecule has 0 atom stereocenters. The summed E-state index contributed by atoms with van der Waals surface area (Å²) < 4.78 is 3.72. The number of benzene rings is 2. The van der Waals surface area contributed by atoms with Crippen molar-refractivity contribution in [3.8, 4) is 0 Å². The molecule has 37 heavy (non-hydrogen) atoms. The third-order valence-corrected chi connectivity index (χ3v) is 6.27. The molecule has 0 amide bonds. The number of nitrogens with zero attached hydrogens (tertiary/aromatic N) is 8. The van der Waals surface area contributed by atoms with Gasteiger partial charge in [0.2, 0.25) is 0 Å². The first-order valence-electron chi connectivity index (χ1n) is 12.3. The molecule has 0 unspecified atom stereocenters. The van der Waals surface area contributed by atoms with Crippen molar-refractivity contribution in [2.24, 2.45) is 10.2 Å². The van der Waals surface area contributed by atoms with E-state index in [2.05, 4.69) is 87.5 Å². The van der Waals surface area contributed by atoms with Crippen molar-refractivity contribution < 1.29 is 17.1 Å². The van der Waals surface area contributed by atoms with Crippen molar-refractivity contribution in [3.05, 3.63) is 84.1 Å². The number of halogens is 1. The number of imidazole rings is 1. The molecule has 3 aromatic rings. The van der Waals surface area contributed by atoms with Crippen molar-refractivity contribution >= 4 is 29.9 Å². The molecule has 0 bridgehead atoms. The maximum atomic E-state index is 4.73. The SMILES string of the molecule is CN1CCN(C=Cc2n(N=Cc3ccc(N(C)C)cc3)cc[n+]2N=Cc2ccc(N(C)C)cc2)CC1.[Cl-]. The number of likely N-dealkylation sites (N-methyl/N-ethyl adjacent to an activating group) is 1. The molecule has 1 aliphatic rings. The highest BCUT2D eigenvalue weighted by Gasteiger charge is 2.16. The molecule has 0 spiro atoms. The maximum Gasteiger partial charge on any atom is 0.334 e. The third kappa shape index (κ3) is 7.68. The lowest BCUT2D eigenvalue weighted by Gasteiger charge is -2.31. The second-order valence-corrected chi connectivity index (χ2v) is 9.46. The van der Waals surface area contributed by atoms with E-state index in [-0.39, 0.29) is 12.4 Å². The Balaban J connectivity index is 0.00000380. The first-order valence-corrected chi connectivity index (χ1v) is 12.3. The Hall–Kier alpha value is -3.62. The zero-order valence-corrected chi connectivity index (χ0v) is 23.1. The standard InChI is InChI=1S/C28H37N8.ClH/c1-31(2)26-10-6-24(7-11-26)22-29-35-20-21-36(28(35)14-15-34-18-16-33(5)17-19-34)30-23-25-8-12-27(13-9-25)32(3)4;/h6-15,20-23H,16-19H2,1-5H3;1H/q+1;/p-1. The van der Waals surface area contributed by atoms with Crippen LogP contribution in [-0.2, 0) is 0 Å². The lowest BCUT2D eigenvalue weighted by atomic mass is 10.2. The molecule has 1 aliphatic heterocycles. The van der Waals surface area contributed by atoms with Crippen molar-refractivity contribution in [1.82, 2.24) is 14.5 Å². The van der Waals surface area contributed by atoms with Gasteiger partial charge in [0.1, 0.15) is 0 Å². The average molecular weight is 521 g/mol. The minimum absolute atomic E-state index is 0. The van der Waals surface area contributed by atoms with Gasteiger partial charge in [0, 0.05) is 78.0 Å². The van der Waals surface area contributed by atoms with Gasteiger partial charge in [-0.2, -0.15) is 0 Å². The summed E-state index contributed by atoms with van der Waals surface area (Å²) in [5.41, 5.74) is 4.41. The summed E-state index contributed by atoms with van der Waals surface area (Å²) >= 11 is 0. The fourth-order valence-corrected chi connectivity index (χ4v) is 3.85. The number of hydrogen-bond acceptors (Lipinski definition) is 6. The van der Waals surface area contributed by atoms with E-state index in [1.165, 1.54) is 0 Å². The Bertz CT molecular complexity index is 1120. The number of anilines is 2. The zero-order valence-electron chi connectivity index (χ0n) is 22.4. The number of piperazine rings is 1. The van der Waals surface area contributed by atoms with E-state index >= 15 is 0 Å². The van der Waals surface area contributed by atoms with Crippen molar-refractivity contribution in [3.63, 3.8) is 0 Å². The highest BCUT2D eigenvalue weighted by atomic mass is 35.5. The molecule has 1 aromatic heterocycles. The Morgan fingerprint density at radius 3 is 1.86 bits per heavy atom. The molecule has 8 nitrogen and oxygen atoms in total. The van der Waals surface area contributed by atoms with Gasteiger partial charge in [-0.25, -0.2) is 0 Å². The molecule has 0 saturated carbocycles. The van der Waals surface area contributed by atoms with E-state index in [0.29, 0.717) is 0 Å². The maximum absolute atomic E-state index is 4.73. The van der Waals surface area contributed by atoms with Gasteiger partial charge < -0.3 is 32.0 Å². The van der Waals surface area contributed by atoms with Gasteiger partial charge in [-0.1, -0.05) is 43.8 Å². The first-order chi connectivity index (χ1) is 17.4. The van der Waals surface area contributed by atoms with Crippen LogP contribution in [0.1, 0.15) is 17.0 Å². The molecular weight excluding hydrogens is 484 g/mol. The second-order valence-electron chi connectivity index (χ2n) is 9.46. The largest absolute Gasteiger partial charge is 1.00 e. The smallest absolute Gasteiger partial charge is 0.334 e. The van der Waals surface area contributed by atoms with Crippen LogP contribution in [0.3, 0.4) is 0 Å². The normalized spacial score (nSPS) is 14.6. The summed E-state index contributed by atoms with van der Waals surface area (Å²) in [6, 6.07) is 16.7. The van der Waals surface area contributed by atoms with Crippen LogP contribution < -0.4 is 26.9 Å². The quantitative estimate of drug-likeness (QED) is 0.307. The minimum Gasteiger partial charge on any atom is -1.00 e. The van der Waals surface area contributed by atoms with Crippen LogP contribution in [0.15, 0.2) is 77.3 Å². The van der Waals surface area contributed by atoms with Gasteiger partial charge in [0.05, 0.1) is 12.4 Å². The van der Waals surface area contributed by atoms with Gasteiger partial charge in [-0.15, -0.1) is 0 Å². The van der Waals surface area contributed by atoms with Gasteiger partial charge >= 0.3 is 5.82 Å². The van der Waals surface area contributed by atoms with Crippen LogP contribution in [0.4, 0.5) is 11.4 Å². The summed E-state index contributed by atoms with van der Waals surface area (Å²) in [6.45, 7) is 4.15. The molecule has 4 rings (SSSR count). The number of hydrogen-bond donors (Lipinski definition) is 0. The molecule has 0 aliphatic carbocycles. The lowest BCUT2D eigenvalue weighted by molar-refractivity contribution is -0.679. The monoisotopic (exact) mass is 520 g/mol. The highest BCUT2D eigenvalue weighted by Crippen LogP contribution is 2.12. The average Bonchev–Trinajstić information content (AvgIpc) is 3.27. The Morgan fingerprint density at radius 1 is 0.784 bits per heavy atom. The summed E-state index contributed by atoms with van der Waals surface area (Å²) in [5, 5.41) is 9.47. The second kappa shape index (κ2) is 13.1. The molecule has 1 fully saturated rings. The van der Waals surface area contributed by atoms with E-state index in [4.69, 9.17) is 10.2 Å². The summed E-state index contributed by atoms with van der Waals surface area (Å²) in [6.07, 6.45) is 11.9. The van der Waals surface area contributed by atoms with Crippen molar-refractivity contribution in [2.75, 3.05) is 71.2 Å². The molecule has 196 valence electrons. The van der Waals surface area contributed by atoms with Crippen LogP contribution in [-0.4, -0.2) is 88.3 Å². The fourth-order valence-electron chi connectivity index (χ4n) is 3.85. The Kier molecular flexibility index (Phi) is 9.88. The first kappa shape index (κ1) is 28.0. The number of aromatic nitrogens is 2. The summed E-state index contributed by atoms with van der Waals surface area (Å²) in [7, 11) is 10.3. The third-order valence-electron chi connectivity index (χ3n) is 6.27. The van der Waals surface area contributed by atoms with Gasteiger partial charge in [-0.3, -0.25) is 0 Å². The predicted molar refractivity (Wildman–Crippen MR) is 150 cm³/mol. The fraction of sp³-hybridized carbons (Fsp3) is 0.321. The molecule has 0 radical (unpaired) electrons. The molecule has 1 saturated heterocycles. The lowest BCUT2D eigenvalue weighted by Crippen LogP contribution is -3.00. The van der Waals surface area contributed by atoms with Crippen molar-refractivity contribution in [2.45, 2.75) is 0 Å². The summed E-state index contributed by atoms with van der Waals surface area (Å²) in [4.78, 5) is 8.87. The predicted octanol–water partition coefficient (Wildman–Crippen LogP) is -0.106. The van der Waals surface area contributed by atoms with Crippen LogP contribution in [0.5, 0.6) is 0 Å². The minimum atomic E-state index is 0. The number of rotatable bonds is 8. The van der Waals surface area contributed by atoms with E-state index in [0.717, 1.165) is 54.5 Å². The van der Waals surface area contributed by atoms with Gasteiger partial charge in [0.15, 0.2) is 12.4 Å². The van der Waals surface area contributed by atoms with E-state index in [1.807, 2.05) is 62.4 Å². The molecule has 9 heteroatoms. The van der Waals surface area contributed by atoms with E-state index in [9.17, 15) is 0 Å². The Morgan fingerprint density at radius 2 is 1.32 bits per heavy atom. The van der Waals surface area contributed by atoms with Crippen molar-refractivity contribution in [1.29, 1.82) is 0 Å². The molecule has 2 aromatic carbocycles. The van der Waals surface area contributed by atoms with Gasteiger partial charge in [-0.05, 0) is 42.4 Å². The van der Waals surface area contributed by atoms with Crippen LogP contribution in [0.2, 0.25) is 0 Å². The van der Waals surface area contributed by atoms with Crippen LogP contribution >= 0.6 is 0 Å². The summed E-state index contributed by atoms with van der Waals surface area (Å²) in [5.74, 6) is 0.872. The van der Waals surface area contributed by atoms with Crippen LogP contribution in [0, 0.1) is 0 Å². The van der Waals surface area contributed by atoms with Crippen LogP contribution in [0.25, 0.3) is 6.08 Å². The highest BCUT2D eigenvalue weighted by molar-refractivity contribution is 5.80. The Labute approximate surface area is 226 Å².